The van der Waals surface area contributed by atoms with Gasteiger partial charge in [-0.25, -0.2) is 0 Å². The first kappa shape index (κ1) is 15.5. The molecule has 0 radical (unpaired) electrons. The van der Waals surface area contributed by atoms with Crippen molar-refractivity contribution in [3.8, 4) is 11.5 Å². The van der Waals surface area contributed by atoms with E-state index >= 15 is 0 Å². The Morgan fingerprint density at radius 3 is 2.29 bits per heavy atom. The van der Waals surface area contributed by atoms with E-state index in [0.29, 0.717) is 27.2 Å². The summed E-state index contributed by atoms with van der Waals surface area (Å²) in [5.41, 5.74) is 0.370. The number of rotatable bonds is 5. The fourth-order valence-corrected chi connectivity index (χ4v) is 2.17. The number of anilines is 1. The zero-order chi connectivity index (χ0) is 15.2. The molecule has 0 aliphatic carbocycles. The maximum atomic E-state index is 11.9. The lowest BCUT2D eigenvalue weighted by Gasteiger charge is -2.11. The molecule has 2 aromatic rings. The lowest BCUT2D eigenvalue weighted by atomic mass is 10.3. The fraction of sp³-hybridized carbons (Fsp3) is 0.133. The number of carbonyl (C=O) groups is 1. The number of nitrogens with one attached hydrogen (secondary N) is 1. The van der Waals surface area contributed by atoms with Crippen molar-refractivity contribution in [1.29, 1.82) is 0 Å². The van der Waals surface area contributed by atoms with Crippen LogP contribution in [0.15, 0.2) is 42.5 Å². The lowest BCUT2D eigenvalue weighted by Crippen LogP contribution is -2.20. The molecule has 0 fully saturated rings. The van der Waals surface area contributed by atoms with Crippen molar-refractivity contribution in [2.45, 2.75) is 0 Å². The number of ether oxygens (including phenoxy) is 2. The smallest absolute Gasteiger partial charge is 0.262 e. The second-order valence-corrected chi connectivity index (χ2v) is 4.90. The minimum Gasteiger partial charge on any atom is -0.493 e. The molecule has 0 aliphatic heterocycles. The standard InChI is InChI=1S/C15H13Cl2NO3/c1-20-12-7-2-3-8-13(12)21-9-14(19)18-15-10(16)5-4-6-11(15)17/h2-8H,9H2,1H3,(H,18,19). The van der Waals surface area contributed by atoms with Crippen molar-refractivity contribution in [1.82, 2.24) is 0 Å². The summed E-state index contributed by atoms with van der Waals surface area (Å²) in [5, 5.41) is 3.35. The summed E-state index contributed by atoms with van der Waals surface area (Å²) in [7, 11) is 1.53. The van der Waals surface area contributed by atoms with Gasteiger partial charge in [0.2, 0.25) is 0 Å². The molecule has 0 atom stereocenters. The SMILES string of the molecule is COc1ccccc1OCC(=O)Nc1c(Cl)cccc1Cl. The molecule has 21 heavy (non-hydrogen) atoms. The van der Waals surface area contributed by atoms with Crippen molar-refractivity contribution >= 4 is 34.8 Å². The van der Waals surface area contributed by atoms with Gasteiger partial charge in [0.25, 0.3) is 5.91 Å². The van der Waals surface area contributed by atoms with E-state index in [1.807, 2.05) is 6.07 Å². The van der Waals surface area contributed by atoms with E-state index < -0.39 is 0 Å². The highest BCUT2D eigenvalue weighted by Gasteiger charge is 2.11. The van der Waals surface area contributed by atoms with E-state index in [0.717, 1.165) is 0 Å². The summed E-state index contributed by atoms with van der Waals surface area (Å²) in [6.07, 6.45) is 0. The molecule has 1 amide bonds. The first-order valence-corrected chi connectivity index (χ1v) is 6.87. The molecule has 0 saturated carbocycles. The predicted octanol–water partition coefficient (Wildman–Crippen LogP) is 4.02. The molecule has 0 saturated heterocycles. The number of methoxy groups -OCH3 is 1. The van der Waals surface area contributed by atoms with E-state index in [1.54, 1.807) is 36.4 Å². The van der Waals surface area contributed by atoms with Gasteiger partial charge in [-0.05, 0) is 24.3 Å². The van der Waals surface area contributed by atoms with Crippen molar-refractivity contribution < 1.29 is 14.3 Å². The Morgan fingerprint density at radius 2 is 1.67 bits per heavy atom. The monoisotopic (exact) mass is 325 g/mol. The van der Waals surface area contributed by atoms with Crippen molar-refractivity contribution in [3.63, 3.8) is 0 Å². The van der Waals surface area contributed by atoms with Gasteiger partial charge in [0, 0.05) is 0 Å². The minimum atomic E-state index is -0.365. The van der Waals surface area contributed by atoms with Crippen LogP contribution in [0.3, 0.4) is 0 Å². The Balaban J connectivity index is 1.99. The molecule has 4 nitrogen and oxygen atoms in total. The number of para-hydroxylation sites is 3. The van der Waals surface area contributed by atoms with Gasteiger partial charge >= 0.3 is 0 Å². The van der Waals surface area contributed by atoms with Crippen LogP contribution in [0.1, 0.15) is 0 Å². The maximum absolute atomic E-state index is 11.9. The largest absolute Gasteiger partial charge is 0.493 e. The molecule has 110 valence electrons. The summed E-state index contributed by atoms with van der Waals surface area (Å²) in [6, 6.07) is 12.1. The zero-order valence-corrected chi connectivity index (χ0v) is 12.7. The molecule has 0 heterocycles. The highest BCUT2D eigenvalue weighted by atomic mass is 35.5. The van der Waals surface area contributed by atoms with Crippen LogP contribution in [0.4, 0.5) is 5.69 Å². The van der Waals surface area contributed by atoms with Crippen LogP contribution in [-0.4, -0.2) is 19.6 Å². The summed E-state index contributed by atoms with van der Waals surface area (Å²) >= 11 is 12.0. The van der Waals surface area contributed by atoms with Crippen molar-refractivity contribution in [2.24, 2.45) is 0 Å². The minimum absolute atomic E-state index is 0.179. The third kappa shape index (κ3) is 4.03. The third-order valence-electron chi connectivity index (χ3n) is 2.66. The highest BCUT2D eigenvalue weighted by Crippen LogP contribution is 2.30. The molecule has 6 heteroatoms. The molecule has 1 N–H and O–H groups in total. The van der Waals surface area contributed by atoms with Gasteiger partial charge in [0.15, 0.2) is 18.1 Å². The maximum Gasteiger partial charge on any atom is 0.262 e. The van der Waals surface area contributed by atoms with E-state index in [9.17, 15) is 4.79 Å². The van der Waals surface area contributed by atoms with Crippen LogP contribution in [0.2, 0.25) is 10.0 Å². The molecular weight excluding hydrogens is 313 g/mol. The Bertz CT molecular complexity index is 626. The number of benzene rings is 2. The average molecular weight is 326 g/mol. The Morgan fingerprint density at radius 1 is 1.05 bits per heavy atom. The first-order chi connectivity index (χ1) is 10.1. The molecule has 0 spiro atoms. The highest BCUT2D eigenvalue weighted by molar-refractivity contribution is 6.39. The molecule has 0 unspecified atom stereocenters. The van der Waals surface area contributed by atoms with Crippen molar-refractivity contribution in [3.05, 3.63) is 52.5 Å². The molecule has 0 aromatic heterocycles. The molecule has 2 aromatic carbocycles. The molecular formula is C15H13Cl2NO3. The average Bonchev–Trinajstić information content (AvgIpc) is 2.49. The van der Waals surface area contributed by atoms with Crippen LogP contribution in [0.5, 0.6) is 11.5 Å². The molecule has 2 rings (SSSR count). The number of carbonyl (C=O) groups excluding carboxylic acids is 1. The van der Waals surface area contributed by atoms with E-state index in [4.69, 9.17) is 32.7 Å². The van der Waals surface area contributed by atoms with Gasteiger partial charge in [-0.2, -0.15) is 0 Å². The normalized spacial score (nSPS) is 10.0. The van der Waals surface area contributed by atoms with Gasteiger partial charge in [-0.3, -0.25) is 4.79 Å². The van der Waals surface area contributed by atoms with Gasteiger partial charge in [-0.1, -0.05) is 41.4 Å². The van der Waals surface area contributed by atoms with Crippen LogP contribution in [0, 0.1) is 0 Å². The van der Waals surface area contributed by atoms with E-state index in [2.05, 4.69) is 5.32 Å². The van der Waals surface area contributed by atoms with Gasteiger partial charge in [0.1, 0.15) is 0 Å². The van der Waals surface area contributed by atoms with Gasteiger partial charge < -0.3 is 14.8 Å². The first-order valence-electron chi connectivity index (χ1n) is 6.11. The lowest BCUT2D eigenvalue weighted by molar-refractivity contribution is -0.118. The quantitative estimate of drug-likeness (QED) is 0.903. The Hall–Kier alpha value is -1.91. The number of hydrogen-bond acceptors (Lipinski definition) is 3. The third-order valence-corrected chi connectivity index (χ3v) is 3.28. The topological polar surface area (TPSA) is 47.6 Å². The van der Waals surface area contributed by atoms with Gasteiger partial charge in [0.05, 0.1) is 22.8 Å². The second-order valence-electron chi connectivity index (χ2n) is 4.08. The number of hydrogen-bond donors (Lipinski definition) is 1. The summed E-state index contributed by atoms with van der Waals surface area (Å²) in [6.45, 7) is -0.179. The van der Waals surface area contributed by atoms with E-state index in [1.165, 1.54) is 7.11 Å². The van der Waals surface area contributed by atoms with Crippen LogP contribution in [0.25, 0.3) is 0 Å². The zero-order valence-electron chi connectivity index (χ0n) is 11.2. The predicted molar refractivity (Wildman–Crippen MR) is 83.6 cm³/mol. The van der Waals surface area contributed by atoms with Crippen molar-refractivity contribution in [2.75, 3.05) is 19.0 Å². The second kappa shape index (κ2) is 7.20. The number of amides is 1. The van der Waals surface area contributed by atoms with Gasteiger partial charge in [-0.15, -0.1) is 0 Å². The van der Waals surface area contributed by atoms with E-state index in [-0.39, 0.29) is 12.5 Å². The molecule has 0 bridgehead atoms. The Kier molecular flexibility index (Phi) is 5.31. The summed E-state index contributed by atoms with van der Waals surface area (Å²) in [5.74, 6) is 0.678. The summed E-state index contributed by atoms with van der Waals surface area (Å²) < 4.78 is 10.6. The fourth-order valence-electron chi connectivity index (χ4n) is 1.67. The van der Waals surface area contributed by atoms with Crippen LogP contribution < -0.4 is 14.8 Å². The number of halogens is 2. The van der Waals surface area contributed by atoms with Crippen LogP contribution in [-0.2, 0) is 4.79 Å². The molecule has 0 aliphatic rings. The van der Waals surface area contributed by atoms with Crippen LogP contribution >= 0.6 is 23.2 Å². The summed E-state index contributed by atoms with van der Waals surface area (Å²) in [4.78, 5) is 11.9. The Labute approximate surface area is 132 Å².